The molecule has 0 aliphatic carbocycles. The quantitative estimate of drug-likeness (QED) is 0.541. The van der Waals surface area contributed by atoms with Crippen molar-refractivity contribution in [1.29, 1.82) is 0 Å². The van der Waals surface area contributed by atoms with Gasteiger partial charge in [-0.05, 0) is 64.1 Å². The normalized spacial score (nSPS) is 11.2. The molecule has 2 aromatic carbocycles. The third kappa shape index (κ3) is 7.00. The monoisotopic (exact) mass is 408 g/mol. The van der Waals surface area contributed by atoms with Gasteiger partial charge in [-0.1, -0.05) is 29.8 Å². The van der Waals surface area contributed by atoms with E-state index in [2.05, 4.69) is 0 Å². The molecule has 6 heteroatoms. The average molecular weight is 409 g/mol. The smallest absolute Gasteiger partial charge is 0.185 e. The summed E-state index contributed by atoms with van der Waals surface area (Å²) in [6, 6.07) is 10.9. The van der Waals surface area contributed by atoms with E-state index in [0.717, 1.165) is 16.7 Å². The molecule has 0 saturated heterocycles. The molecule has 4 nitrogen and oxygen atoms in total. The van der Waals surface area contributed by atoms with Crippen LogP contribution in [0.2, 0.25) is 5.02 Å². The molecule has 2 aromatic rings. The zero-order chi connectivity index (χ0) is 19.3. The first-order valence-electron chi connectivity index (χ1n) is 8.38. The number of benzene rings is 2. The van der Waals surface area contributed by atoms with Crippen molar-refractivity contribution in [3.63, 3.8) is 0 Å². The standard InChI is InChI=1S/C21H25ClN2O2.ClH/c1-23(2)13-17-11-16(12-18(21(17)26)14-24(3)4)20(25)9-8-15-6-5-7-19(22)10-15;/h5-12,26H,13-14H2,1-4H3;1H/b9-8+;. The number of carbonyl (C=O) groups is 1. The zero-order valence-corrected chi connectivity index (χ0v) is 17.6. The van der Waals surface area contributed by atoms with Gasteiger partial charge in [0.05, 0.1) is 0 Å². The van der Waals surface area contributed by atoms with Crippen LogP contribution in [-0.4, -0.2) is 48.9 Å². The van der Waals surface area contributed by atoms with E-state index in [1.54, 1.807) is 30.3 Å². The van der Waals surface area contributed by atoms with Crippen molar-refractivity contribution in [2.24, 2.45) is 0 Å². The number of halogens is 2. The Balaban J connectivity index is 0.00000364. The minimum atomic E-state index is -0.106. The van der Waals surface area contributed by atoms with Crippen LogP contribution in [-0.2, 0) is 13.1 Å². The third-order valence-corrected chi connectivity index (χ3v) is 4.04. The van der Waals surface area contributed by atoms with Crippen LogP contribution in [0.5, 0.6) is 5.75 Å². The molecule has 0 aliphatic heterocycles. The summed E-state index contributed by atoms with van der Waals surface area (Å²) < 4.78 is 0. The topological polar surface area (TPSA) is 43.8 Å². The summed E-state index contributed by atoms with van der Waals surface area (Å²) in [4.78, 5) is 16.6. The maximum Gasteiger partial charge on any atom is 0.185 e. The van der Waals surface area contributed by atoms with Gasteiger partial charge in [-0.2, -0.15) is 0 Å². The molecule has 2 rings (SSSR count). The van der Waals surface area contributed by atoms with Crippen molar-refractivity contribution < 1.29 is 9.90 Å². The van der Waals surface area contributed by atoms with Gasteiger partial charge in [0, 0.05) is 34.8 Å². The maximum atomic E-state index is 12.7. The van der Waals surface area contributed by atoms with Crippen molar-refractivity contribution in [2.75, 3.05) is 28.2 Å². The molecule has 0 atom stereocenters. The highest BCUT2D eigenvalue weighted by atomic mass is 35.5. The number of nitrogens with zero attached hydrogens (tertiary/aromatic N) is 2. The van der Waals surface area contributed by atoms with Gasteiger partial charge in [-0.3, -0.25) is 4.79 Å². The lowest BCUT2D eigenvalue weighted by Gasteiger charge is -2.17. The van der Waals surface area contributed by atoms with E-state index in [4.69, 9.17) is 11.6 Å². The molecule has 146 valence electrons. The second kappa shape index (κ2) is 10.5. The van der Waals surface area contributed by atoms with E-state index in [9.17, 15) is 9.90 Å². The van der Waals surface area contributed by atoms with E-state index in [0.29, 0.717) is 23.7 Å². The van der Waals surface area contributed by atoms with Crippen LogP contribution in [0.4, 0.5) is 0 Å². The molecular weight excluding hydrogens is 383 g/mol. The molecular formula is C21H26Cl2N2O2. The summed E-state index contributed by atoms with van der Waals surface area (Å²) in [5.41, 5.74) is 2.92. The van der Waals surface area contributed by atoms with Gasteiger partial charge in [-0.25, -0.2) is 0 Å². The zero-order valence-electron chi connectivity index (χ0n) is 16.1. The Morgan fingerprint density at radius 1 is 1.04 bits per heavy atom. The predicted molar refractivity (Wildman–Crippen MR) is 115 cm³/mol. The molecule has 0 aromatic heterocycles. The average Bonchev–Trinajstić information content (AvgIpc) is 2.55. The predicted octanol–water partition coefficient (Wildman–Crippen LogP) is 4.49. The number of carbonyl (C=O) groups excluding carboxylic acids is 1. The van der Waals surface area contributed by atoms with Crippen molar-refractivity contribution in [2.45, 2.75) is 13.1 Å². The van der Waals surface area contributed by atoms with Gasteiger partial charge in [0.2, 0.25) is 0 Å². The van der Waals surface area contributed by atoms with E-state index >= 15 is 0 Å². The summed E-state index contributed by atoms with van der Waals surface area (Å²) in [7, 11) is 7.72. The molecule has 0 unspecified atom stereocenters. The van der Waals surface area contributed by atoms with Crippen LogP contribution >= 0.6 is 24.0 Å². The molecule has 0 fully saturated rings. The number of hydrogen-bond donors (Lipinski definition) is 1. The Morgan fingerprint density at radius 3 is 2.07 bits per heavy atom. The van der Waals surface area contributed by atoms with Crippen LogP contribution in [0.1, 0.15) is 27.0 Å². The summed E-state index contributed by atoms with van der Waals surface area (Å²) in [6.45, 7) is 1.12. The van der Waals surface area contributed by atoms with Gasteiger partial charge < -0.3 is 14.9 Å². The number of ketones is 1. The summed E-state index contributed by atoms with van der Waals surface area (Å²) >= 11 is 5.98. The lowest BCUT2D eigenvalue weighted by molar-refractivity contribution is 0.104. The fraction of sp³-hybridized carbons (Fsp3) is 0.286. The van der Waals surface area contributed by atoms with Crippen molar-refractivity contribution in [3.05, 3.63) is 69.8 Å². The number of hydrogen-bond acceptors (Lipinski definition) is 4. The Hall–Kier alpha value is -1.85. The molecule has 1 N–H and O–H groups in total. The highest BCUT2D eigenvalue weighted by molar-refractivity contribution is 6.30. The van der Waals surface area contributed by atoms with E-state index in [1.807, 2.05) is 50.1 Å². The minimum Gasteiger partial charge on any atom is -0.507 e. The molecule has 0 radical (unpaired) electrons. The van der Waals surface area contributed by atoms with Gasteiger partial charge in [-0.15, -0.1) is 12.4 Å². The van der Waals surface area contributed by atoms with Gasteiger partial charge in [0.25, 0.3) is 0 Å². The molecule has 0 aliphatic rings. The highest BCUT2D eigenvalue weighted by Gasteiger charge is 2.14. The molecule has 0 spiro atoms. The Morgan fingerprint density at radius 2 is 1.59 bits per heavy atom. The maximum absolute atomic E-state index is 12.7. The van der Waals surface area contributed by atoms with Crippen LogP contribution in [0, 0.1) is 0 Å². The minimum absolute atomic E-state index is 0. The number of phenolic OH excluding ortho intramolecular Hbond substituents is 1. The second-order valence-electron chi connectivity index (χ2n) is 6.87. The highest BCUT2D eigenvalue weighted by Crippen LogP contribution is 2.27. The molecule has 0 saturated carbocycles. The van der Waals surface area contributed by atoms with Gasteiger partial charge >= 0.3 is 0 Å². The fourth-order valence-electron chi connectivity index (χ4n) is 2.70. The summed E-state index contributed by atoms with van der Waals surface area (Å²) in [5.74, 6) is 0.146. The van der Waals surface area contributed by atoms with Crippen molar-refractivity contribution in [3.8, 4) is 5.75 Å². The number of phenols is 1. The Bertz CT molecular complexity index is 787. The lowest BCUT2D eigenvalue weighted by atomic mass is 10.00. The third-order valence-electron chi connectivity index (χ3n) is 3.80. The molecule has 0 heterocycles. The second-order valence-corrected chi connectivity index (χ2v) is 7.31. The van der Waals surface area contributed by atoms with Crippen LogP contribution in [0.3, 0.4) is 0 Å². The first-order chi connectivity index (χ1) is 12.3. The van der Waals surface area contributed by atoms with Crippen molar-refractivity contribution in [1.82, 2.24) is 9.80 Å². The SMILES string of the molecule is CN(C)Cc1cc(C(=O)/C=C/c2cccc(Cl)c2)cc(CN(C)C)c1O.Cl. The van der Waals surface area contributed by atoms with E-state index < -0.39 is 0 Å². The van der Waals surface area contributed by atoms with Crippen LogP contribution in [0.15, 0.2) is 42.5 Å². The van der Waals surface area contributed by atoms with Crippen LogP contribution in [0.25, 0.3) is 6.08 Å². The summed E-state index contributed by atoms with van der Waals surface area (Å²) in [6.07, 6.45) is 3.29. The number of rotatable bonds is 7. The largest absolute Gasteiger partial charge is 0.507 e. The molecule has 0 amide bonds. The number of aromatic hydroxyl groups is 1. The molecule has 27 heavy (non-hydrogen) atoms. The van der Waals surface area contributed by atoms with Gasteiger partial charge in [0.1, 0.15) is 5.75 Å². The van der Waals surface area contributed by atoms with E-state index in [-0.39, 0.29) is 23.9 Å². The van der Waals surface area contributed by atoms with Crippen LogP contribution < -0.4 is 0 Å². The number of allylic oxidation sites excluding steroid dienone is 1. The van der Waals surface area contributed by atoms with E-state index in [1.165, 1.54) is 6.08 Å². The summed E-state index contributed by atoms with van der Waals surface area (Å²) in [5, 5.41) is 11.2. The lowest BCUT2D eigenvalue weighted by Crippen LogP contribution is -2.15. The molecule has 0 bridgehead atoms. The fourth-order valence-corrected chi connectivity index (χ4v) is 2.90. The first kappa shape index (κ1) is 23.2. The van der Waals surface area contributed by atoms with Crippen molar-refractivity contribution >= 4 is 35.9 Å². The Kier molecular flexibility index (Phi) is 9.00. The Labute approximate surface area is 172 Å². The van der Waals surface area contributed by atoms with Gasteiger partial charge in [0.15, 0.2) is 5.78 Å². The first-order valence-corrected chi connectivity index (χ1v) is 8.76.